The standard InChI is InChI=1S/C11H15NO4S2/c1-17-8-7-10(11(13)14)12-18(15,16)9-5-3-2-4-6-9/h2-6,10,12H,7-8H2,1H3,(H,13,14)/t10-/m1/s1. The number of sulfonamides is 1. The molecule has 0 unspecified atom stereocenters. The highest BCUT2D eigenvalue weighted by atomic mass is 32.2. The van der Waals surface area contributed by atoms with Crippen molar-refractivity contribution >= 4 is 27.8 Å². The van der Waals surface area contributed by atoms with E-state index in [0.29, 0.717) is 5.75 Å². The number of nitrogens with one attached hydrogen (secondary N) is 1. The van der Waals surface area contributed by atoms with E-state index in [9.17, 15) is 13.2 Å². The normalized spacial score (nSPS) is 13.2. The maximum atomic E-state index is 11.9. The fourth-order valence-corrected chi connectivity index (χ4v) is 3.04. The largest absolute Gasteiger partial charge is 0.480 e. The molecule has 1 aromatic rings. The van der Waals surface area contributed by atoms with Crippen molar-refractivity contribution in [3.05, 3.63) is 30.3 Å². The van der Waals surface area contributed by atoms with Crippen molar-refractivity contribution in [2.24, 2.45) is 0 Å². The first-order chi connectivity index (χ1) is 8.47. The molecule has 0 aliphatic rings. The minimum atomic E-state index is -3.78. The first-order valence-electron chi connectivity index (χ1n) is 5.26. The van der Waals surface area contributed by atoms with Crippen LogP contribution in [-0.2, 0) is 14.8 Å². The first-order valence-corrected chi connectivity index (χ1v) is 8.14. The average molecular weight is 289 g/mol. The van der Waals surface area contributed by atoms with Crippen LogP contribution in [0.2, 0.25) is 0 Å². The molecule has 0 saturated heterocycles. The van der Waals surface area contributed by atoms with Gasteiger partial charge in [0.1, 0.15) is 6.04 Å². The predicted molar refractivity (Wildman–Crippen MR) is 71.2 cm³/mol. The number of aliphatic carboxylic acids is 1. The Morgan fingerprint density at radius 2 is 2.00 bits per heavy atom. The summed E-state index contributed by atoms with van der Waals surface area (Å²) in [6.07, 6.45) is 2.09. The summed E-state index contributed by atoms with van der Waals surface area (Å²) >= 11 is 1.47. The molecular formula is C11H15NO4S2. The number of carbonyl (C=O) groups is 1. The van der Waals surface area contributed by atoms with Crippen molar-refractivity contribution < 1.29 is 18.3 Å². The lowest BCUT2D eigenvalue weighted by Crippen LogP contribution is -2.41. The summed E-state index contributed by atoms with van der Waals surface area (Å²) in [7, 11) is -3.78. The van der Waals surface area contributed by atoms with Gasteiger partial charge in [-0.3, -0.25) is 4.79 Å². The number of rotatable bonds is 7. The van der Waals surface area contributed by atoms with E-state index in [0.717, 1.165) is 0 Å². The van der Waals surface area contributed by atoms with Crippen molar-refractivity contribution in [3.63, 3.8) is 0 Å². The van der Waals surface area contributed by atoms with Crippen LogP contribution in [0.4, 0.5) is 0 Å². The van der Waals surface area contributed by atoms with E-state index in [1.54, 1.807) is 18.2 Å². The van der Waals surface area contributed by atoms with E-state index in [1.807, 2.05) is 6.26 Å². The molecule has 5 nitrogen and oxygen atoms in total. The van der Waals surface area contributed by atoms with Crippen LogP contribution in [-0.4, -0.2) is 37.5 Å². The quantitative estimate of drug-likeness (QED) is 0.787. The summed E-state index contributed by atoms with van der Waals surface area (Å²) in [4.78, 5) is 11.0. The van der Waals surface area contributed by atoms with Gasteiger partial charge in [0.2, 0.25) is 10.0 Å². The summed E-state index contributed by atoms with van der Waals surface area (Å²) in [5.74, 6) is -0.586. The highest BCUT2D eigenvalue weighted by molar-refractivity contribution is 7.98. The van der Waals surface area contributed by atoms with Gasteiger partial charge in [0.15, 0.2) is 0 Å². The smallest absolute Gasteiger partial charge is 0.321 e. The number of carboxylic acid groups (broad SMARTS) is 1. The molecule has 2 N–H and O–H groups in total. The van der Waals surface area contributed by atoms with Crippen LogP contribution in [0.3, 0.4) is 0 Å². The van der Waals surface area contributed by atoms with E-state index in [-0.39, 0.29) is 11.3 Å². The van der Waals surface area contributed by atoms with Crippen LogP contribution >= 0.6 is 11.8 Å². The van der Waals surface area contributed by atoms with Crippen molar-refractivity contribution in [2.45, 2.75) is 17.4 Å². The molecule has 0 heterocycles. The van der Waals surface area contributed by atoms with Crippen molar-refractivity contribution in [3.8, 4) is 0 Å². The number of thioether (sulfide) groups is 1. The summed E-state index contributed by atoms with van der Waals surface area (Å²) in [6, 6.07) is 6.63. The maximum Gasteiger partial charge on any atom is 0.321 e. The maximum absolute atomic E-state index is 11.9. The molecule has 0 radical (unpaired) electrons. The van der Waals surface area contributed by atoms with Crippen molar-refractivity contribution in [2.75, 3.05) is 12.0 Å². The van der Waals surface area contributed by atoms with Crippen LogP contribution in [0, 0.1) is 0 Å². The highest BCUT2D eigenvalue weighted by Gasteiger charge is 2.24. The molecule has 0 amide bonds. The molecule has 1 atom stereocenters. The second-order valence-corrected chi connectivity index (χ2v) is 6.31. The lowest BCUT2D eigenvalue weighted by Gasteiger charge is -2.14. The van der Waals surface area contributed by atoms with Crippen LogP contribution < -0.4 is 4.72 Å². The third kappa shape index (κ3) is 4.32. The van der Waals surface area contributed by atoms with Gasteiger partial charge in [0, 0.05) is 0 Å². The minimum Gasteiger partial charge on any atom is -0.480 e. The second-order valence-electron chi connectivity index (χ2n) is 3.61. The molecule has 1 aromatic carbocycles. The monoisotopic (exact) mass is 289 g/mol. The van der Waals surface area contributed by atoms with Crippen molar-refractivity contribution in [1.82, 2.24) is 4.72 Å². The molecule has 0 fully saturated rings. The molecule has 0 aromatic heterocycles. The first kappa shape index (κ1) is 15.0. The van der Waals surface area contributed by atoms with E-state index in [4.69, 9.17) is 5.11 Å². The van der Waals surface area contributed by atoms with Gasteiger partial charge in [0.05, 0.1) is 4.90 Å². The zero-order valence-electron chi connectivity index (χ0n) is 9.87. The fourth-order valence-electron chi connectivity index (χ4n) is 1.32. The predicted octanol–water partition coefficient (Wildman–Crippen LogP) is 1.17. The van der Waals surface area contributed by atoms with Gasteiger partial charge in [-0.05, 0) is 30.6 Å². The Hall–Kier alpha value is -1.05. The third-order valence-electron chi connectivity index (χ3n) is 2.26. The molecule has 0 aliphatic carbocycles. The molecule has 0 saturated carbocycles. The molecule has 18 heavy (non-hydrogen) atoms. The fraction of sp³-hybridized carbons (Fsp3) is 0.364. The van der Waals surface area contributed by atoms with Crippen LogP contribution in [0.5, 0.6) is 0 Å². The summed E-state index contributed by atoms with van der Waals surface area (Å²) in [6.45, 7) is 0. The zero-order chi connectivity index (χ0) is 13.6. The van der Waals surface area contributed by atoms with Gasteiger partial charge in [-0.25, -0.2) is 8.42 Å². The van der Waals surface area contributed by atoms with Crippen molar-refractivity contribution in [1.29, 1.82) is 0 Å². The average Bonchev–Trinajstić information content (AvgIpc) is 2.35. The van der Waals surface area contributed by atoms with E-state index < -0.39 is 22.0 Å². The molecule has 7 heteroatoms. The Kier molecular flexibility index (Phi) is 5.64. The molecule has 0 spiro atoms. The summed E-state index contributed by atoms with van der Waals surface area (Å²) in [5.41, 5.74) is 0. The molecule has 0 aliphatic heterocycles. The summed E-state index contributed by atoms with van der Waals surface area (Å²) in [5, 5.41) is 8.97. The SMILES string of the molecule is CSCC[C@@H](NS(=O)(=O)c1ccccc1)C(=O)O. The highest BCUT2D eigenvalue weighted by Crippen LogP contribution is 2.10. The minimum absolute atomic E-state index is 0.0698. The van der Waals surface area contributed by atoms with Crippen LogP contribution in [0.1, 0.15) is 6.42 Å². The van der Waals surface area contributed by atoms with Gasteiger partial charge in [-0.15, -0.1) is 0 Å². The third-order valence-corrected chi connectivity index (χ3v) is 4.39. The number of benzene rings is 1. The van der Waals surface area contributed by atoms with Gasteiger partial charge >= 0.3 is 5.97 Å². The van der Waals surface area contributed by atoms with E-state index >= 15 is 0 Å². The van der Waals surface area contributed by atoms with Crippen LogP contribution in [0.15, 0.2) is 35.2 Å². The lowest BCUT2D eigenvalue weighted by molar-refractivity contribution is -0.139. The number of carboxylic acids is 1. The molecule has 0 bridgehead atoms. The Balaban J connectivity index is 2.83. The lowest BCUT2D eigenvalue weighted by atomic mass is 10.2. The topological polar surface area (TPSA) is 83.5 Å². The van der Waals surface area contributed by atoms with Gasteiger partial charge in [-0.1, -0.05) is 18.2 Å². The second kappa shape index (κ2) is 6.77. The molecular weight excluding hydrogens is 274 g/mol. The zero-order valence-corrected chi connectivity index (χ0v) is 11.5. The number of hydrogen-bond donors (Lipinski definition) is 2. The number of hydrogen-bond acceptors (Lipinski definition) is 4. The molecule has 100 valence electrons. The van der Waals surface area contributed by atoms with Crippen LogP contribution in [0.25, 0.3) is 0 Å². The van der Waals surface area contributed by atoms with E-state index in [2.05, 4.69) is 4.72 Å². The van der Waals surface area contributed by atoms with Gasteiger partial charge < -0.3 is 5.11 Å². The molecule has 1 rings (SSSR count). The Morgan fingerprint density at radius 3 is 2.50 bits per heavy atom. The summed E-state index contributed by atoms with van der Waals surface area (Å²) < 4.78 is 26.1. The Morgan fingerprint density at radius 1 is 1.39 bits per heavy atom. The van der Waals surface area contributed by atoms with Gasteiger partial charge in [0.25, 0.3) is 0 Å². The Bertz CT molecular complexity index is 487. The van der Waals surface area contributed by atoms with E-state index in [1.165, 1.54) is 23.9 Å². The Labute approximate surface area is 111 Å². The van der Waals surface area contributed by atoms with Gasteiger partial charge in [-0.2, -0.15) is 16.5 Å².